The molecule has 5 heteroatoms. The average molecular weight is 347 g/mol. The highest BCUT2D eigenvalue weighted by molar-refractivity contribution is 6.30. The Morgan fingerprint density at radius 3 is 2.38 bits per heavy atom. The molecule has 0 spiro atoms. The highest BCUT2D eigenvalue weighted by Crippen LogP contribution is 2.19. The first-order chi connectivity index (χ1) is 11.5. The van der Waals surface area contributed by atoms with E-state index in [1.807, 2.05) is 12.1 Å². The summed E-state index contributed by atoms with van der Waals surface area (Å²) in [5.74, 6) is -0.913. The highest BCUT2D eigenvalue weighted by Gasteiger charge is 2.16. The fourth-order valence-electron chi connectivity index (χ4n) is 2.85. The molecule has 0 aliphatic carbocycles. The lowest BCUT2D eigenvalue weighted by Gasteiger charge is -2.32. The fraction of sp³-hybridized carbons (Fsp3) is 0.316. The maximum atomic E-state index is 13.9. The van der Waals surface area contributed by atoms with Crippen molar-refractivity contribution in [3.63, 3.8) is 0 Å². The monoisotopic (exact) mass is 346 g/mol. The summed E-state index contributed by atoms with van der Waals surface area (Å²) in [7, 11) is 2.13. The summed E-state index contributed by atoms with van der Waals surface area (Å²) in [4.78, 5) is 17.1. The van der Waals surface area contributed by atoms with Crippen molar-refractivity contribution < 1.29 is 9.18 Å². The van der Waals surface area contributed by atoms with Crippen LogP contribution >= 0.6 is 11.6 Å². The molecule has 126 valence electrons. The molecule has 1 aliphatic rings. The molecule has 3 nitrogen and oxygen atoms in total. The van der Waals surface area contributed by atoms with Crippen LogP contribution in [-0.2, 0) is 6.54 Å². The van der Waals surface area contributed by atoms with Crippen LogP contribution in [0, 0.1) is 5.82 Å². The second kappa shape index (κ2) is 7.43. The zero-order valence-electron chi connectivity index (χ0n) is 13.6. The molecule has 0 N–H and O–H groups in total. The molecule has 2 aromatic carbocycles. The first-order valence-electron chi connectivity index (χ1n) is 8.02. The Bertz CT molecular complexity index is 725. The van der Waals surface area contributed by atoms with Gasteiger partial charge in [0.05, 0.1) is 5.56 Å². The van der Waals surface area contributed by atoms with Crippen LogP contribution < -0.4 is 0 Å². The lowest BCUT2D eigenvalue weighted by atomic mass is 10.0. The van der Waals surface area contributed by atoms with Crippen molar-refractivity contribution in [1.29, 1.82) is 0 Å². The van der Waals surface area contributed by atoms with E-state index in [1.54, 1.807) is 12.1 Å². The van der Waals surface area contributed by atoms with Gasteiger partial charge in [-0.3, -0.25) is 9.69 Å². The molecule has 0 saturated carbocycles. The average Bonchev–Trinajstić information content (AvgIpc) is 2.57. The predicted octanol–water partition coefficient (Wildman–Crippen LogP) is 3.46. The number of rotatable bonds is 4. The van der Waals surface area contributed by atoms with E-state index in [0.717, 1.165) is 44.4 Å². The van der Waals surface area contributed by atoms with Crippen molar-refractivity contribution in [3.05, 3.63) is 70.0 Å². The number of carbonyl (C=O) groups excluding carboxylic acids is 1. The van der Waals surface area contributed by atoms with Gasteiger partial charge in [-0.15, -0.1) is 0 Å². The van der Waals surface area contributed by atoms with Gasteiger partial charge in [-0.05, 0) is 30.8 Å². The van der Waals surface area contributed by atoms with Crippen molar-refractivity contribution in [2.45, 2.75) is 6.54 Å². The van der Waals surface area contributed by atoms with E-state index in [9.17, 15) is 9.18 Å². The van der Waals surface area contributed by atoms with Crippen molar-refractivity contribution >= 4 is 17.4 Å². The molecule has 0 aromatic heterocycles. The van der Waals surface area contributed by atoms with Gasteiger partial charge in [0.25, 0.3) is 0 Å². The van der Waals surface area contributed by atoms with Crippen molar-refractivity contribution in [2.75, 3.05) is 33.2 Å². The molecule has 1 aliphatic heterocycles. The van der Waals surface area contributed by atoms with Crippen LogP contribution in [0.1, 0.15) is 21.5 Å². The van der Waals surface area contributed by atoms with E-state index in [0.29, 0.717) is 5.56 Å². The minimum atomic E-state index is -0.589. The lowest BCUT2D eigenvalue weighted by molar-refractivity contribution is 0.103. The molecule has 1 heterocycles. The van der Waals surface area contributed by atoms with Crippen LogP contribution in [0.2, 0.25) is 5.02 Å². The number of hydrogen-bond acceptors (Lipinski definition) is 3. The number of benzene rings is 2. The molecule has 0 amide bonds. The van der Waals surface area contributed by atoms with E-state index in [4.69, 9.17) is 11.6 Å². The summed E-state index contributed by atoms with van der Waals surface area (Å²) in [5, 5.41) is 0.284. The van der Waals surface area contributed by atoms with Gasteiger partial charge in [-0.1, -0.05) is 35.9 Å². The summed E-state index contributed by atoms with van der Waals surface area (Å²) in [6.45, 7) is 5.12. The molecular formula is C19H20ClFN2O. The van der Waals surface area contributed by atoms with Gasteiger partial charge < -0.3 is 4.90 Å². The zero-order chi connectivity index (χ0) is 17.1. The summed E-state index contributed by atoms with van der Waals surface area (Å²) < 4.78 is 13.9. The Labute approximate surface area is 146 Å². The molecule has 0 unspecified atom stereocenters. The van der Waals surface area contributed by atoms with Crippen molar-refractivity contribution in [1.82, 2.24) is 9.80 Å². The van der Waals surface area contributed by atoms with Crippen LogP contribution in [0.3, 0.4) is 0 Å². The Hall–Kier alpha value is -1.75. The van der Waals surface area contributed by atoms with Crippen molar-refractivity contribution in [2.24, 2.45) is 0 Å². The quantitative estimate of drug-likeness (QED) is 0.792. The second-order valence-corrected chi connectivity index (χ2v) is 6.67. The third-order valence-electron chi connectivity index (χ3n) is 4.39. The molecule has 1 saturated heterocycles. The fourth-order valence-corrected chi connectivity index (χ4v) is 3.01. The SMILES string of the molecule is CN1CCN(Cc2ccc(C(=O)c3ccc(Cl)cc3F)cc2)CC1. The lowest BCUT2D eigenvalue weighted by Crippen LogP contribution is -2.43. The smallest absolute Gasteiger partial charge is 0.195 e. The van der Waals surface area contributed by atoms with Crippen molar-refractivity contribution in [3.8, 4) is 0 Å². The van der Waals surface area contributed by atoms with Crippen LogP contribution in [0.15, 0.2) is 42.5 Å². The third kappa shape index (κ3) is 4.01. The summed E-state index contributed by atoms with van der Waals surface area (Å²) in [6.07, 6.45) is 0. The normalized spacial score (nSPS) is 16.3. The topological polar surface area (TPSA) is 23.6 Å². The zero-order valence-corrected chi connectivity index (χ0v) is 14.4. The van der Waals surface area contributed by atoms with E-state index >= 15 is 0 Å². The summed E-state index contributed by atoms with van der Waals surface area (Å²) in [6, 6.07) is 11.5. The number of nitrogens with zero attached hydrogens (tertiary/aromatic N) is 2. The maximum absolute atomic E-state index is 13.9. The van der Waals surface area contributed by atoms with E-state index in [2.05, 4.69) is 16.8 Å². The predicted molar refractivity (Wildman–Crippen MR) is 94.1 cm³/mol. The first-order valence-corrected chi connectivity index (χ1v) is 8.40. The minimum absolute atomic E-state index is 0.0474. The summed E-state index contributed by atoms with van der Waals surface area (Å²) >= 11 is 5.73. The molecule has 0 radical (unpaired) electrons. The highest BCUT2D eigenvalue weighted by atomic mass is 35.5. The molecular weight excluding hydrogens is 327 g/mol. The number of halogens is 2. The number of piperazine rings is 1. The van der Waals surface area contributed by atoms with Gasteiger partial charge in [-0.25, -0.2) is 4.39 Å². The Balaban J connectivity index is 1.68. The van der Waals surface area contributed by atoms with Crippen LogP contribution in [-0.4, -0.2) is 48.8 Å². The standard InChI is InChI=1S/C19H20ClFN2O/c1-22-8-10-23(11-9-22)13-14-2-4-15(5-3-14)19(24)17-7-6-16(20)12-18(17)21/h2-7,12H,8-11,13H2,1H3. The molecule has 24 heavy (non-hydrogen) atoms. The molecule has 0 bridgehead atoms. The van der Waals surface area contributed by atoms with E-state index < -0.39 is 5.82 Å². The second-order valence-electron chi connectivity index (χ2n) is 6.23. The number of likely N-dealkylation sites (N-methyl/N-ethyl adjacent to an activating group) is 1. The van der Waals surface area contributed by atoms with Gasteiger partial charge >= 0.3 is 0 Å². The minimum Gasteiger partial charge on any atom is -0.304 e. The molecule has 3 rings (SSSR count). The maximum Gasteiger partial charge on any atom is 0.195 e. The van der Waals surface area contributed by atoms with Crippen LogP contribution in [0.5, 0.6) is 0 Å². The first kappa shape index (κ1) is 17.1. The Kier molecular flexibility index (Phi) is 5.29. The molecule has 2 aromatic rings. The largest absolute Gasteiger partial charge is 0.304 e. The number of carbonyl (C=O) groups is 1. The number of ketones is 1. The van der Waals surface area contributed by atoms with Gasteiger partial charge in [0.2, 0.25) is 0 Å². The Morgan fingerprint density at radius 1 is 1.08 bits per heavy atom. The molecule has 0 atom stereocenters. The van der Waals surface area contributed by atoms with Gasteiger partial charge in [0.15, 0.2) is 5.78 Å². The van der Waals surface area contributed by atoms with Gasteiger partial charge in [0, 0.05) is 43.3 Å². The van der Waals surface area contributed by atoms with Crippen LogP contribution in [0.4, 0.5) is 4.39 Å². The van der Waals surface area contributed by atoms with E-state index in [-0.39, 0.29) is 16.4 Å². The third-order valence-corrected chi connectivity index (χ3v) is 4.63. The molecule has 1 fully saturated rings. The Morgan fingerprint density at radius 2 is 1.75 bits per heavy atom. The number of hydrogen-bond donors (Lipinski definition) is 0. The van der Waals surface area contributed by atoms with Gasteiger partial charge in [0.1, 0.15) is 5.82 Å². The van der Waals surface area contributed by atoms with Crippen LogP contribution in [0.25, 0.3) is 0 Å². The van der Waals surface area contributed by atoms with Gasteiger partial charge in [-0.2, -0.15) is 0 Å². The summed E-state index contributed by atoms with van der Waals surface area (Å²) in [5.41, 5.74) is 1.69. The van der Waals surface area contributed by atoms with E-state index in [1.165, 1.54) is 12.1 Å².